The van der Waals surface area contributed by atoms with E-state index in [-0.39, 0.29) is 0 Å². The molecule has 2 heterocycles. The van der Waals surface area contributed by atoms with Crippen molar-refractivity contribution in [3.63, 3.8) is 0 Å². The molecule has 1 saturated heterocycles. The summed E-state index contributed by atoms with van der Waals surface area (Å²) in [5, 5.41) is 4.68. The van der Waals surface area contributed by atoms with Crippen LogP contribution in [0.1, 0.15) is 44.2 Å². The molecule has 1 N–H and O–H groups in total. The molecule has 0 bridgehead atoms. The third kappa shape index (κ3) is 4.41. The topological polar surface area (TPSA) is 31.4 Å². The fourth-order valence-electron chi connectivity index (χ4n) is 2.80. The first kappa shape index (κ1) is 16.7. The van der Waals surface area contributed by atoms with Gasteiger partial charge in [0.05, 0.1) is 5.69 Å². The first-order valence-corrected chi connectivity index (χ1v) is 8.97. The lowest BCUT2D eigenvalue weighted by Gasteiger charge is -2.36. The van der Waals surface area contributed by atoms with Crippen LogP contribution < -0.4 is 10.2 Å². The lowest BCUT2D eigenvalue weighted by molar-refractivity contribution is 0.221. The van der Waals surface area contributed by atoms with E-state index in [1.165, 1.54) is 48.2 Å². The predicted molar refractivity (Wildman–Crippen MR) is 92.4 cm³/mol. The summed E-state index contributed by atoms with van der Waals surface area (Å²) in [4.78, 5) is 11.1. The lowest BCUT2D eigenvalue weighted by Crippen LogP contribution is -2.43. The number of nitrogens with one attached hydrogen (secondary N) is 1. The maximum absolute atomic E-state index is 4.79. The predicted octanol–water partition coefficient (Wildman–Crippen LogP) is 2.87. The Morgan fingerprint density at radius 3 is 2.62 bits per heavy atom. The number of hydrogen-bond donors (Lipinski definition) is 1. The molecule has 0 unspecified atom stereocenters. The van der Waals surface area contributed by atoms with Gasteiger partial charge < -0.3 is 15.1 Å². The minimum atomic E-state index is 0.519. The highest BCUT2D eigenvalue weighted by atomic mass is 32.1. The van der Waals surface area contributed by atoms with Crippen LogP contribution in [0.15, 0.2) is 0 Å². The molecule has 1 aromatic heterocycles. The highest BCUT2D eigenvalue weighted by Gasteiger charge is 2.24. The van der Waals surface area contributed by atoms with Crippen LogP contribution >= 0.6 is 11.3 Å². The van der Waals surface area contributed by atoms with E-state index in [0.29, 0.717) is 12.1 Å². The summed E-state index contributed by atoms with van der Waals surface area (Å²) in [6.07, 6.45) is 2.51. The molecule has 2 rings (SSSR count). The zero-order chi connectivity index (χ0) is 15.4. The van der Waals surface area contributed by atoms with Crippen molar-refractivity contribution in [1.29, 1.82) is 0 Å². The fraction of sp³-hybridized carbons (Fsp3) is 0.812. The molecular weight excluding hydrogens is 280 g/mol. The molecule has 1 aromatic rings. The molecule has 21 heavy (non-hydrogen) atoms. The Morgan fingerprint density at radius 1 is 1.38 bits per heavy atom. The van der Waals surface area contributed by atoms with Gasteiger partial charge in [0.2, 0.25) is 0 Å². The zero-order valence-corrected chi connectivity index (χ0v) is 15.0. The summed E-state index contributed by atoms with van der Waals surface area (Å²) in [6.45, 7) is 13.3. The van der Waals surface area contributed by atoms with Gasteiger partial charge in [0, 0.05) is 43.6 Å². The average molecular weight is 311 g/mol. The second-order valence-corrected chi connectivity index (χ2v) is 7.38. The Morgan fingerprint density at radius 2 is 2.05 bits per heavy atom. The van der Waals surface area contributed by atoms with Gasteiger partial charge in [0.1, 0.15) is 0 Å². The van der Waals surface area contributed by atoms with Crippen molar-refractivity contribution >= 4 is 16.5 Å². The van der Waals surface area contributed by atoms with E-state index in [1.807, 2.05) is 11.3 Å². The van der Waals surface area contributed by atoms with Crippen molar-refractivity contribution in [2.45, 2.75) is 59.2 Å². The number of anilines is 1. The molecule has 0 aromatic carbocycles. The molecule has 0 aliphatic carbocycles. The van der Waals surface area contributed by atoms with Crippen molar-refractivity contribution in [2.24, 2.45) is 0 Å². The SMILES string of the molecule is CCN1CCC(N(C)c2nc(C)c(CNC(C)C)s2)CC1. The molecule has 0 atom stereocenters. The molecule has 1 aliphatic rings. The van der Waals surface area contributed by atoms with Crippen LogP contribution in [-0.4, -0.2) is 48.6 Å². The van der Waals surface area contributed by atoms with Gasteiger partial charge in [-0.3, -0.25) is 0 Å². The van der Waals surface area contributed by atoms with Gasteiger partial charge >= 0.3 is 0 Å². The van der Waals surface area contributed by atoms with Crippen LogP contribution in [-0.2, 0) is 6.54 Å². The van der Waals surface area contributed by atoms with Gasteiger partial charge in [-0.2, -0.15) is 0 Å². The number of nitrogens with zero attached hydrogens (tertiary/aromatic N) is 3. The highest BCUT2D eigenvalue weighted by Crippen LogP contribution is 2.29. The molecule has 120 valence electrons. The van der Waals surface area contributed by atoms with Gasteiger partial charge in [-0.15, -0.1) is 11.3 Å². The Bertz CT molecular complexity index is 435. The molecule has 0 spiro atoms. The molecule has 4 nitrogen and oxygen atoms in total. The number of piperidine rings is 1. The third-order valence-electron chi connectivity index (χ3n) is 4.41. The number of rotatable bonds is 6. The quantitative estimate of drug-likeness (QED) is 0.875. The number of aromatic nitrogens is 1. The summed E-state index contributed by atoms with van der Waals surface area (Å²) >= 11 is 1.85. The first-order chi connectivity index (χ1) is 10.0. The van der Waals surface area contributed by atoms with Crippen molar-refractivity contribution in [3.8, 4) is 0 Å². The van der Waals surface area contributed by atoms with Gasteiger partial charge in [0.15, 0.2) is 5.13 Å². The van der Waals surface area contributed by atoms with E-state index in [9.17, 15) is 0 Å². The Hall–Kier alpha value is -0.650. The Balaban J connectivity index is 1.96. The molecule has 5 heteroatoms. The second kappa shape index (κ2) is 7.56. The van der Waals surface area contributed by atoms with E-state index in [0.717, 1.165) is 6.54 Å². The Kier molecular flexibility index (Phi) is 6.02. The summed E-state index contributed by atoms with van der Waals surface area (Å²) < 4.78 is 0. The molecule has 1 fully saturated rings. The monoisotopic (exact) mass is 310 g/mol. The number of hydrogen-bond acceptors (Lipinski definition) is 5. The largest absolute Gasteiger partial charge is 0.348 e. The number of aryl methyl sites for hydroxylation is 1. The van der Waals surface area contributed by atoms with Gasteiger partial charge in [0.25, 0.3) is 0 Å². The summed E-state index contributed by atoms with van der Waals surface area (Å²) in [5.74, 6) is 0. The molecule has 0 radical (unpaired) electrons. The third-order valence-corrected chi connectivity index (χ3v) is 5.65. The van der Waals surface area contributed by atoms with E-state index in [2.05, 4.69) is 49.9 Å². The van der Waals surface area contributed by atoms with E-state index >= 15 is 0 Å². The van der Waals surface area contributed by atoms with Crippen LogP contribution in [0.5, 0.6) is 0 Å². The maximum Gasteiger partial charge on any atom is 0.185 e. The lowest BCUT2D eigenvalue weighted by atomic mass is 10.0. The molecule has 0 amide bonds. The van der Waals surface area contributed by atoms with Gasteiger partial charge in [-0.05, 0) is 26.3 Å². The van der Waals surface area contributed by atoms with Gasteiger partial charge in [-0.1, -0.05) is 20.8 Å². The molecule has 0 saturated carbocycles. The Labute approximate surface area is 133 Å². The zero-order valence-electron chi connectivity index (χ0n) is 14.1. The first-order valence-electron chi connectivity index (χ1n) is 8.16. The van der Waals surface area contributed by atoms with E-state index < -0.39 is 0 Å². The number of thiazole rings is 1. The molecular formula is C16H30N4S. The minimum absolute atomic E-state index is 0.519. The summed E-state index contributed by atoms with van der Waals surface area (Å²) in [7, 11) is 2.21. The second-order valence-electron chi connectivity index (χ2n) is 6.32. The van der Waals surface area contributed by atoms with Crippen molar-refractivity contribution < 1.29 is 0 Å². The molecule has 1 aliphatic heterocycles. The van der Waals surface area contributed by atoms with Crippen LogP contribution in [0.3, 0.4) is 0 Å². The van der Waals surface area contributed by atoms with E-state index in [1.54, 1.807) is 0 Å². The van der Waals surface area contributed by atoms with Crippen LogP contribution in [0.25, 0.3) is 0 Å². The van der Waals surface area contributed by atoms with Crippen molar-refractivity contribution in [1.82, 2.24) is 15.2 Å². The van der Waals surface area contributed by atoms with E-state index in [4.69, 9.17) is 4.98 Å². The van der Waals surface area contributed by atoms with Crippen molar-refractivity contribution in [2.75, 3.05) is 31.6 Å². The maximum atomic E-state index is 4.79. The fourth-order valence-corrected chi connectivity index (χ4v) is 3.85. The highest BCUT2D eigenvalue weighted by molar-refractivity contribution is 7.15. The van der Waals surface area contributed by atoms with Crippen LogP contribution in [0.4, 0.5) is 5.13 Å². The normalized spacial score (nSPS) is 17.6. The average Bonchev–Trinajstić information content (AvgIpc) is 2.85. The smallest absolute Gasteiger partial charge is 0.185 e. The van der Waals surface area contributed by atoms with Gasteiger partial charge in [-0.25, -0.2) is 4.98 Å². The standard InChI is InChI=1S/C16H30N4S/c1-6-20-9-7-14(8-10-20)19(5)16-18-13(4)15(21-16)11-17-12(2)3/h12,14,17H,6-11H2,1-5H3. The van der Waals surface area contributed by atoms with Crippen molar-refractivity contribution in [3.05, 3.63) is 10.6 Å². The summed E-state index contributed by atoms with van der Waals surface area (Å²) in [5.41, 5.74) is 1.18. The van der Waals surface area contributed by atoms with Crippen LogP contribution in [0.2, 0.25) is 0 Å². The van der Waals surface area contributed by atoms with Crippen LogP contribution in [0, 0.1) is 6.92 Å². The number of likely N-dealkylation sites (tertiary alicyclic amines) is 1. The minimum Gasteiger partial charge on any atom is -0.348 e. The summed E-state index contributed by atoms with van der Waals surface area (Å²) in [6, 6.07) is 1.16.